The molecule has 66 valence electrons. The van der Waals surface area contributed by atoms with Crippen LogP contribution in [-0.4, -0.2) is 15.1 Å². The first kappa shape index (κ1) is 9.32. The van der Waals surface area contributed by atoms with E-state index in [1.54, 1.807) is 6.07 Å². The van der Waals surface area contributed by atoms with E-state index in [1.165, 1.54) is 0 Å². The van der Waals surface area contributed by atoms with Crippen LogP contribution in [0.3, 0.4) is 0 Å². The van der Waals surface area contributed by atoms with Gasteiger partial charge in [-0.05, 0) is 0 Å². The zero-order valence-electron chi connectivity index (χ0n) is 7.37. The summed E-state index contributed by atoms with van der Waals surface area (Å²) >= 11 is 3.97. The minimum Gasteiger partial charge on any atom is -0.493 e. The fourth-order valence-corrected chi connectivity index (χ4v) is 1.02. The second kappa shape index (κ2) is 2.94. The molecule has 12 heavy (non-hydrogen) atoms. The molecule has 4 heteroatoms. The average Bonchev–Trinajstić information content (AvgIpc) is 1.82. The largest absolute Gasteiger partial charge is 0.493 e. The number of aromatic nitrogens is 2. The molecule has 0 unspecified atom stereocenters. The van der Waals surface area contributed by atoms with E-state index in [9.17, 15) is 0 Å². The van der Waals surface area contributed by atoms with Crippen LogP contribution in [0.4, 0.5) is 0 Å². The quantitative estimate of drug-likeness (QED) is 0.477. The first-order chi connectivity index (χ1) is 5.39. The number of hydrogen-bond acceptors (Lipinski definition) is 4. The summed E-state index contributed by atoms with van der Waals surface area (Å²) in [6.07, 6.45) is 0. The summed E-state index contributed by atoms with van der Waals surface area (Å²) < 4.78 is 0. The van der Waals surface area contributed by atoms with Crippen LogP contribution in [-0.2, 0) is 5.41 Å². The van der Waals surface area contributed by atoms with Crippen molar-refractivity contribution >= 4 is 12.6 Å². The molecule has 3 nitrogen and oxygen atoms in total. The van der Waals surface area contributed by atoms with Gasteiger partial charge in [-0.2, -0.15) is 4.98 Å². The average molecular weight is 184 g/mol. The number of nitrogens with zero attached hydrogens (tertiary/aromatic N) is 2. The number of rotatable bonds is 0. The standard InChI is InChI=1S/C8H12N2OS/c1-8(2,3)5-4-6(11)10-7(12)9-5/h4H,1-3H3,(H2,9,10,11,12). The van der Waals surface area contributed by atoms with Gasteiger partial charge in [0.15, 0.2) is 5.16 Å². The van der Waals surface area contributed by atoms with Crippen molar-refractivity contribution in [3.63, 3.8) is 0 Å². The van der Waals surface area contributed by atoms with Crippen molar-refractivity contribution in [1.29, 1.82) is 0 Å². The third-order valence-corrected chi connectivity index (χ3v) is 1.67. The molecule has 1 rings (SSSR count). The molecule has 0 aromatic carbocycles. The molecule has 0 aliphatic rings. The Morgan fingerprint density at radius 3 is 2.33 bits per heavy atom. The van der Waals surface area contributed by atoms with Crippen molar-refractivity contribution in [2.24, 2.45) is 0 Å². The van der Waals surface area contributed by atoms with Crippen LogP contribution in [0.5, 0.6) is 5.88 Å². The molecular formula is C8H12N2OS. The molecular weight excluding hydrogens is 172 g/mol. The number of aromatic hydroxyl groups is 1. The first-order valence-corrected chi connectivity index (χ1v) is 4.12. The zero-order valence-corrected chi connectivity index (χ0v) is 8.26. The molecule has 0 saturated heterocycles. The highest BCUT2D eigenvalue weighted by Crippen LogP contribution is 2.23. The van der Waals surface area contributed by atoms with Crippen LogP contribution < -0.4 is 0 Å². The van der Waals surface area contributed by atoms with Gasteiger partial charge < -0.3 is 5.11 Å². The lowest BCUT2D eigenvalue weighted by Gasteiger charge is -2.17. The number of hydrogen-bond donors (Lipinski definition) is 2. The van der Waals surface area contributed by atoms with E-state index in [0.29, 0.717) is 5.16 Å². The molecule has 0 fully saturated rings. The Balaban J connectivity index is 3.18. The van der Waals surface area contributed by atoms with Gasteiger partial charge in [0, 0.05) is 11.5 Å². The van der Waals surface area contributed by atoms with Crippen molar-refractivity contribution < 1.29 is 5.11 Å². The summed E-state index contributed by atoms with van der Waals surface area (Å²) in [5.41, 5.74) is 0.706. The van der Waals surface area contributed by atoms with Crippen LogP contribution in [0.25, 0.3) is 0 Å². The van der Waals surface area contributed by atoms with E-state index in [1.807, 2.05) is 20.8 Å². The van der Waals surface area contributed by atoms with E-state index >= 15 is 0 Å². The summed E-state index contributed by atoms with van der Waals surface area (Å²) in [7, 11) is 0. The summed E-state index contributed by atoms with van der Waals surface area (Å²) in [6.45, 7) is 6.05. The molecule has 1 aromatic rings. The van der Waals surface area contributed by atoms with Gasteiger partial charge in [0.2, 0.25) is 5.88 Å². The van der Waals surface area contributed by atoms with Crippen LogP contribution in [0.15, 0.2) is 11.2 Å². The maximum atomic E-state index is 9.16. The molecule has 0 atom stereocenters. The Bertz CT molecular complexity index is 273. The Morgan fingerprint density at radius 2 is 1.92 bits per heavy atom. The third kappa shape index (κ3) is 2.11. The molecule has 1 aromatic heterocycles. The first-order valence-electron chi connectivity index (χ1n) is 3.67. The summed E-state index contributed by atoms with van der Waals surface area (Å²) in [6, 6.07) is 1.56. The fourth-order valence-electron chi connectivity index (χ4n) is 0.806. The molecule has 0 bridgehead atoms. The van der Waals surface area contributed by atoms with Crippen LogP contribution in [0.1, 0.15) is 26.5 Å². The van der Waals surface area contributed by atoms with Crippen LogP contribution in [0.2, 0.25) is 0 Å². The van der Waals surface area contributed by atoms with Gasteiger partial charge >= 0.3 is 0 Å². The lowest BCUT2D eigenvalue weighted by Crippen LogP contribution is -2.13. The van der Waals surface area contributed by atoms with Gasteiger partial charge in [0.25, 0.3) is 0 Å². The molecule has 0 radical (unpaired) electrons. The molecule has 0 saturated carbocycles. The monoisotopic (exact) mass is 184 g/mol. The zero-order chi connectivity index (χ0) is 9.35. The van der Waals surface area contributed by atoms with Crippen molar-refractivity contribution in [1.82, 2.24) is 9.97 Å². The maximum Gasteiger partial charge on any atom is 0.215 e. The second-order valence-electron chi connectivity index (χ2n) is 3.66. The Hall–Kier alpha value is -0.770. The summed E-state index contributed by atoms with van der Waals surface area (Å²) in [4.78, 5) is 7.75. The summed E-state index contributed by atoms with van der Waals surface area (Å²) in [5, 5.41) is 9.46. The SMILES string of the molecule is CC(C)(C)c1cc(O)nc(S)n1. The van der Waals surface area contributed by atoms with Crippen molar-refractivity contribution in [2.45, 2.75) is 31.3 Å². The molecule has 0 amide bonds. The minimum absolute atomic E-state index is 0.0278. The van der Waals surface area contributed by atoms with Gasteiger partial charge in [-0.3, -0.25) is 0 Å². The van der Waals surface area contributed by atoms with E-state index in [2.05, 4.69) is 22.6 Å². The van der Waals surface area contributed by atoms with Crippen LogP contribution >= 0.6 is 12.6 Å². The van der Waals surface area contributed by atoms with Crippen LogP contribution in [0, 0.1) is 0 Å². The molecule has 0 spiro atoms. The van der Waals surface area contributed by atoms with E-state index in [4.69, 9.17) is 5.11 Å². The van der Waals surface area contributed by atoms with E-state index < -0.39 is 0 Å². The lowest BCUT2D eigenvalue weighted by atomic mass is 9.92. The Morgan fingerprint density at radius 1 is 1.33 bits per heavy atom. The van der Waals surface area contributed by atoms with Crippen molar-refractivity contribution in [2.75, 3.05) is 0 Å². The highest BCUT2D eigenvalue weighted by Gasteiger charge is 2.16. The molecule has 1 N–H and O–H groups in total. The third-order valence-electron chi connectivity index (χ3n) is 1.47. The van der Waals surface area contributed by atoms with Crippen molar-refractivity contribution in [3.05, 3.63) is 11.8 Å². The second-order valence-corrected chi connectivity index (χ2v) is 4.06. The van der Waals surface area contributed by atoms with E-state index in [-0.39, 0.29) is 11.3 Å². The van der Waals surface area contributed by atoms with Gasteiger partial charge in [-0.1, -0.05) is 20.8 Å². The fraction of sp³-hybridized carbons (Fsp3) is 0.500. The highest BCUT2D eigenvalue weighted by molar-refractivity contribution is 7.80. The smallest absolute Gasteiger partial charge is 0.215 e. The number of thiol groups is 1. The lowest BCUT2D eigenvalue weighted by molar-refractivity contribution is 0.437. The summed E-state index contributed by atoms with van der Waals surface area (Å²) in [5.74, 6) is -0.0278. The topological polar surface area (TPSA) is 46.0 Å². The Labute approximate surface area is 77.3 Å². The predicted molar refractivity (Wildman–Crippen MR) is 49.6 cm³/mol. The van der Waals surface area contributed by atoms with Gasteiger partial charge in [0.05, 0.1) is 5.69 Å². The molecule has 0 aliphatic carbocycles. The molecule has 1 heterocycles. The normalized spacial score (nSPS) is 11.7. The maximum absolute atomic E-state index is 9.16. The van der Waals surface area contributed by atoms with Gasteiger partial charge in [0.1, 0.15) is 0 Å². The predicted octanol–water partition coefficient (Wildman–Crippen LogP) is 1.77. The molecule has 0 aliphatic heterocycles. The van der Waals surface area contributed by atoms with Crippen molar-refractivity contribution in [3.8, 4) is 5.88 Å². The minimum atomic E-state index is -0.0854. The Kier molecular flexibility index (Phi) is 2.28. The van der Waals surface area contributed by atoms with Gasteiger partial charge in [-0.15, -0.1) is 12.6 Å². The highest BCUT2D eigenvalue weighted by atomic mass is 32.1. The van der Waals surface area contributed by atoms with E-state index in [0.717, 1.165) is 5.69 Å². The van der Waals surface area contributed by atoms with Gasteiger partial charge in [-0.25, -0.2) is 4.98 Å².